The molecule has 1 saturated carbocycles. The van der Waals surface area contributed by atoms with Gasteiger partial charge in [-0.05, 0) is 50.2 Å². The van der Waals surface area contributed by atoms with Gasteiger partial charge in [0.25, 0.3) is 0 Å². The molecule has 3 nitrogen and oxygen atoms in total. The van der Waals surface area contributed by atoms with Crippen LogP contribution in [0.5, 0.6) is 0 Å². The third-order valence-electron chi connectivity index (χ3n) is 4.47. The molecule has 1 heterocycles. The van der Waals surface area contributed by atoms with E-state index in [0.29, 0.717) is 12.1 Å². The summed E-state index contributed by atoms with van der Waals surface area (Å²) in [6.45, 7) is 2.08. The highest BCUT2D eigenvalue weighted by Gasteiger charge is 2.27. The summed E-state index contributed by atoms with van der Waals surface area (Å²) in [6.07, 6.45) is 8.30. The molecular weight excluding hydrogens is 246 g/mol. The van der Waals surface area contributed by atoms with Gasteiger partial charge in [-0.1, -0.05) is 24.3 Å². The highest BCUT2D eigenvalue weighted by Crippen LogP contribution is 2.37. The van der Waals surface area contributed by atoms with Crippen molar-refractivity contribution >= 4 is 5.95 Å². The van der Waals surface area contributed by atoms with E-state index in [1.165, 1.54) is 36.8 Å². The third-order valence-corrected chi connectivity index (χ3v) is 4.47. The first kappa shape index (κ1) is 12.0. The number of aromatic nitrogens is 2. The fourth-order valence-corrected chi connectivity index (χ4v) is 3.26. The molecular formula is C17H21N3. The van der Waals surface area contributed by atoms with E-state index in [4.69, 9.17) is 0 Å². The lowest BCUT2D eigenvalue weighted by Crippen LogP contribution is -2.28. The van der Waals surface area contributed by atoms with Crippen LogP contribution in [0.2, 0.25) is 0 Å². The van der Waals surface area contributed by atoms with Crippen LogP contribution in [0.3, 0.4) is 0 Å². The van der Waals surface area contributed by atoms with Crippen molar-refractivity contribution in [3.8, 4) is 0 Å². The van der Waals surface area contributed by atoms with Crippen LogP contribution in [0.1, 0.15) is 42.1 Å². The Bertz CT molecular complexity index is 625. The van der Waals surface area contributed by atoms with Crippen molar-refractivity contribution in [2.75, 3.05) is 5.32 Å². The molecule has 1 fully saturated rings. The molecule has 0 spiro atoms. The van der Waals surface area contributed by atoms with Gasteiger partial charge in [-0.3, -0.25) is 0 Å². The number of aryl methyl sites for hydroxylation is 2. The van der Waals surface area contributed by atoms with Crippen molar-refractivity contribution in [3.05, 3.63) is 47.3 Å². The van der Waals surface area contributed by atoms with Gasteiger partial charge in [0.1, 0.15) is 0 Å². The Hall–Kier alpha value is -1.77. The van der Waals surface area contributed by atoms with Crippen molar-refractivity contribution < 1.29 is 0 Å². The number of nitrogens with one attached hydrogen (secondary N) is 1. The molecule has 2 aliphatic carbocycles. The maximum atomic E-state index is 4.67. The van der Waals surface area contributed by atoms with Gasteiger partial charge in [0, 0.05) is 18.3 Å². The summed E-state index contributed by atoms with van der Waals surface area (Å²) in [5.41, 5.74) is 4.14. The lowest BCUT2D eigenvalue weighted by atomic mass is 9.88. The Kier molecular flexibility index (Phi) is 2.79. The van der Waals surface area contributed by atoms with Crippen LogP contribution in [0.15, 0.2) is 30.5 Å². The smallest absolute Gasteiger partial charge is 0.203 e. The van der Waals surface area contributed by atoms with Crippen LogP contribution in [0.4, 0.5) is 5.95 Å². The Labute approximate surface area is 120 Å². The first-order chi connectivity index (χ1) is 9.79. The maximum absolute atomic E-state index is 4.67. The predicted octanol–water partition coefficient (Wildman–Crippen LogP) is 3.50. The zero-order valence-corrected chi connectivity index (χ0v) is 12.0. The third kappa shape index (κ3) is 2.21. The monoisotopic (exact) mass is 267 g/mol. The molecule has 3 heteroatoms. The summed E-state index contributed by atoms with van der Waals surface area (Å²) < 4.78 is 2.34. The van der Waals surface area contributed by atoms with Gasteiger partial charge in [-0.2, -0.15) is 0 Å². The minimum Gasteiger partial charge on any atom is -0.353 e. The van der Waals surface area contributed by atoms with E-state index in [-0.39, 0.29) is 0 Å². The highest BCUT2D eigenvalue weighted by molar-refractivity contribution is 5.36. The molecule has 0 aliphatic heterocycles. The second kappa shape index (κ2) is 4.65. The average Bonchev–Trinajstić information content (AvgIpc) is 3.23. The molecule has 0 radical (unpaired) electrons. The topological polar surface area (TPSA) is 29.9 Å². The van der Waals surface area contributed by atoms with Crippen LogP contribution >= 0.6 is 0 Å². The minimum absolute atomic E-state index is 0.518. The van der Waals surface area contributed by atoms with E-state index < -0.39 is 0 Å². The van der Waals surface area contributed by atoms with E-state index in [2.05, 4.69) is 52.3 Å². The molecule has 1 atom stereocenters. The lowest BCUT2D eigenvalue weighted by molar-refractivity contribution is 0.597. The summed E-state index contributed by atoms with van der Waals surface area (Å²) in [4.78, 5) is 4.67. The van der Waals surface area contributed by atoms with Crippen LogP contribution < -0.4 is 5.32 Å². The number of hydrogen-bond donors (Lipinski definition) is 1. The standard InChI is InChI=1S/C17H21N3/c1-12-11-20(16-8-9-16)17(18-12)19-15-7-6-13-4-2-3-5-14(13)10-15/h2-5,11,15-16H,6-10H2,1H3,(H,18,19). The molecule has 2 aliphatic rings. The molecule has 1 aromatic heterocycles. The molecule has 0 bridgehead atoms. The molecule has 1 unspecified atom stereocenters. The summed E-state index contributed by atoms with van der Waals surface area (Å²) in [5.74, 6) is 1.08. The highest BCUT2D eigenvalue weighted by atomic mass is 15.2. The van der Waals surface area contributed by atoms with Gasteiger partial charge >= 0.3 is 0 Å². The van der Waals surface area contributed by atoms with Crippen LogP contribution in [-0.2, 0) is 12.8 Å². The second-order valence-corrected chi connectivity index (χ2v) is 6.20. The van der Waals surface area contributed by atoms with Crippen molar-refractivity contribution in [1.82, 2.24) is 9.55 Å². The fraction of sp³-hybridized carbons (Fsp3) is 0.471. The summed E-state index contributed by atoms with van der Waals surface area (Å²) in [5, 5.41) is 3.68. The van der Waals surface area contributed by atoms with Crippen LogP contribution in [0.25, 0.3) is 0 Å². The molecule has 0 saturated heterocycles. The molecule has 1 N–H and O–H groups in total. The van der Waals surface area contributed by atoms with Crippen molar-refractivity contribution in [2.45, 2.75) is 51.1 Å². The van der Waals surface area contributed by atoms with Gasteiger partial charge < -0.3 is 9.88 Å². The first-order valence-corrected chi connectivity index (χ1v) is 7.68. The van der Waals surface area contributed by atoms with Gasteiger partial charge in [0.05, 0.1) is 5.69 Å². The zero-order chi connectivity index (χ0) is 13.5. The van der Waals surface area contributed by atoms with Gasteiger partial charge in [-0.15, -0.1) is 0 Å². The summed E-state index contributed by atoms with van der Waals surface area (Å²) in [6, 6.07) is 10.0. The van der Waals surface area contributed by atoms with Crippen LogP contribution in [-0.4, -0.2) is 15.6 Å². The Balaban J connectivity index is 1.53. The second-order valence-electron chi connectivity index (χ2n) is 6.20. The number of hydrogen-bond acceptors (Lipinski definition) is 2. The molecule has 0 amide bonds. The number of anilines is 1. The van der Waals surface area contributed by atoms with E-state index in [1.54, 1.807) is 0 Å². The van der Waals surface area contributed by atoms with Crippen molar-refractivity contribution in [2.24, 2.45) is 0 Å². The van der Waals surface area contributed by atoms with Gasteiger partial charge in [0.2, 0.25) is 5.95 Å². The number of nitrogens with zero attached hydrogens (tertiary/aromatic N) is 2. The van der Waals surface area contributed by atoms with E-state index in [9.17, 15) is 0 Å². The lowest BCUT2D eigenvalue weighted by Gasteiger charge is -2.26. The molecule has 2 aromatic rings. The SMILES string of the molecule is Cc1cn(C2CC2)c(NC2CCc3ccccc3C2)n1. The largest absolute Gasteiger partial charge is 0.353 e. The molecule has 104 valence electrons. The normalized spacial score (nSPS) is 21.6. The average molecular weight is 267 g/mol. The Morgan fingerprint density at radius 1 is 1.15 bits per heavy atom. The Morgan fingerprint density at radius 2 is 1.95 bits per heavy atom. The minimum atomic E-state index is 0.518. The molecule has 4 rings (SSSR count). The predicted molar refractivity (Wildman–Crippen MR) is 81.1 cm³/mol. The van der Waals surface area contributed by atoms with Crippen LogP contribution in [0, 0.1) is 6.92 Å². The van der Waals surface area contributed by atoms with E-state index in [0.717, 1.165) is 18.1 Å². The summed E-state index contributed by atoms with van der Waals surface area (Å²) >= 11 is 0. The van der Waals surface area contributed by atoms with Crippen molar-refractivity contribution in [3.63, 3.8) is 0 Å². The van der Waals surface area contributed by atoms with E-state index in [1.807, 2.05) is 0 Å². The number of fused-ring (bicyclic) bond motifs is 1. The number of benzene rings is 1. The quantitative estimate of drug-likeness (QED) is 0.922. The van der Waals surface area contributed by atoms with Gasteiger partial charge in [-0.25, -0.2) is 4.98 Å². The van der Waals surface area contributed by atoms with Crippen molar-refractivity contribution in [1.29, 1.82) is 0 Å². The number of imidazole rings is 1. The Morgan fingerprint density at radius 3 is 2.75 bits per heavy atom. The van der Waals surface area contributed by atoms with E-state index >= 15 is 0 Å². The molecule has 20 heavy (non-hydrogen) atoms. The zero-order valence-electron chi connectivity index (χ0n) is 12.0. The number of rotatable bonds is 3. The molecule has 1 aromatic carbocycles. The fourth-order valence-electron chi connectivity index (χ4n) is 3.26. The van der Waals surface area contributed by atoms with Gasteiger partial charge in [0.15, 0.2) is 0 Å². The maximum Gasteiger partial charge on any atom is 0.203 e. The summed E-state index contributed by atoms with van der Waals surface area (Å²) in [7, 11) is 0. The first-order valence-electron chi connectivity index (χ1n) is 7.68.